The number of benzene rings is 1. The van der Waals surface area contributed by atoms with Crippen LogP contribution in [0.5, 0.6) is 0 Å². The molecular weight excluding hydrogens is 196 g/mol. The van der Waals surface area contributed by atoms with Gasteiger partial charge < -0.3 is 0 Å². The molecule has 0 amide bonds. The van der Waals surface area contributed by atoms with Gasteiger partial charge in [0.2, 0.25) is 0 Å². The molecule has 0 aromatic heterocycles. The first-order chi connectivity index (χ1) is 7.68. The van der Waals surface area contributed by atoms with E-state index in [-0.39, 0.29) is 0 Å². The van der Waals surface area contributed by atoms with E-state index in [1.54, 1.807) is 0 Å². The highest BCUT2D eigenvalue weighted by atomic mass is 16.1. The minimum absolute atomic E-state index is 0.349. The van der Waals surface area contributed by atoms with E-state index in [1.165, 1.54) is 16.7 Å². The second kappa shape index (κ2) is 3.31. The molecular formula is C15H16O. The summed E-state index contributed by atoms with van der Waals surface area (Å²) in [4.78, 5) is 12.0. The van der Waals surface area contributed by atoms with Gasteiger partial charge in [0.25, 0.3) is 0 Å². The Morgan fingerprint density at radius 2 is 1.81 bits per heavy atom. The lowest BCUT2D eigenvalue weighted by Gasteiger charge is -2.25. The van der Waals surface area contributed by atoms with Gasteiger partial charge in [-0.3, -0.25) is 4.79 Å². The predicted octanol–water partition coefficient (Wildman–Crippen LogP) is 3.56. The summed E-state index contributed by atoms with van der Waals surface area (Å²) in [6.07, 6.45) is 1.78. The monoisotopic (exact) mass is 212 g/mol. The normalized spacial score (nSPS) is 28.0. The highest BCUT2D eigenvalue weighted by Crippen LogP contribution is 2.46. The van der Waals surface area contributed by atoms with Crippen LogP contribution in [0, 0.1) is 5.92 Å². The Labute approximate surface area is 96.2 Å². The minimum Gasteiger partial charge on any atom is -0.294 e. The summed E-state index contributed by atoms with van der Waals surface area (Å²) in [6.45, 7) is 4.44. The van der Waals surface area contributed by atoms with Gasteiger partial charge in [0.15, 0.2) is 5.78 Å². The van der Waals surface area contributed by atoms with Crippen LogP contribution in [0.3, 0.4) is 0 Å². The van der Waals surface area contributed by atoms with Crippen molar-refractivity contribution < 1.29 is 4.79 Å². The molecule has 0 radical (unpaired) electrons. The van der Waals surface area contributed by atoms with Crippen molar-refractivity contribution in [1.29, 1.82) is 0 Å². The Morgan fingerprint density at radius 3 is 2.62 bits per heavy atom. The van der Waals surface area contributed by atoms with Gasteiger partial charge in [-0.15, -0.1) is 0 Å². The van der Waals surface area contributed by atoms with E-state index in [0.29, 0.717) is 24.0 Å². The molecule has 1 aromatic carbocycles. The summed E-state index contributed by atoms with van der Waals surface area (Å²) < 4.78 is 0. The number of allylic oxidation sites excluding steroid dienone is 2. The van der Waals surface area contributed by atoms with Gasteiger partial charge in [-0.25, -0.2) is 0 Å². The third-order valence-corrected chi connectivity index (χ3v) is 3.97. The molecule has 82 valence electrons. The molecule has 1 aromatic rings. The van der Waals surface area contributed by atoms with Crippen LogP contribution in [0.25, 0.3) is 5.57 Å². The summed E-state index contributed by atoms with van der Waals surface area (Å²) in [6, 6.07) is 8.39. The largest absolute Gasteiger partial charge is 0.294 e. The zero-order chi connectivity index (χ0) is 11.3. The van der Waals surface area contributed by atoms with Crippen LogP contribution in [0.1, 0.15) is 43.7 Å². The van der Waals surface area contributed by atoms with Gasteiger partial charge in [-0.2, -0.15) is 0 Å². The van der Waals surface area contributed by atoms with Gasteiger partial charge in [0, 0.05) is 12.0 Å². The number of fused-ring (bicyclic) bond motifs is 2. The summed E-state index contributed by atoms with van der Waals surface area (Å²) >= 11 is 0. The Hall–Kier alpha value is -1.37. The molecule has 0 aliphatic heterocycles. The number of hydrogen-bond acceptors (Lipinski definition) is 1. The third-order valence-electron chi connectivity index (χ3n) is 3.97. The van der Waals surface area contributed by atoms with Crippen molar-refractivity contribution in [1.82, 2.24) is 0 Å². The van der Waals surface area contributed by atoms with Crippen molar-refractivity contribution in [2.45, 2.75) is 32.6 Å². The van der Waals surface area contributed by atoms with Gasteiger partial charge in [0.05, 0.1) is 0 Å². The van der Waals surface area contributed by atoms with Crippen molar-refractivity contribution in [3.63, 3.8) is 0 Å². The molecule has 2 aliphatic carbocycles. The lowest BCUT2D eigenvalue weighted by molar-refractivity contribution is -0.113. The van der Waals surface area contributed by atoms with Crippen LogP contribution in [0.15, 0.2) is 29.8 Å². The number of ketones is 1. The molecule has 0 spiro atoms. The topological polar surface area (TPSA) is 17.1 Å². The fraction of sp³-hybridized carbons (Fsp3) is 0.400. The second-order valence-corrected chi connectivity index (χ2v) is 5.12. The van der Waals surface area contributed by atoms with Gasteiger partial charge >= 0.3 is 0 Å². The van der Waals surface area contributed by atoms with Crippen LogP contribution in [0.2, 0.25) is 0 Å². The average molecular weight is 212 g/mol. The van der Waals surface area contributed by atoms with Crippen molar-refractivity contribution >= 4 is 11.4 Å². The smallest absolute Gasteiger partial charge is 0.164 e. The molecule has 2 unspecified atom stereocenters. The molecule has 3 rings (SSSR count). The van der Waals surface area contributed by atoms with Crippen LogP contribution in [-0.4, -0.2) is 5.78 Å². The van der Waals surface area contributed by atoms with E-state index in [9.17, 15) is 4.79 Å². The maximum Gasteiger partial charge on any atom is 0.164 e. The van der Waals surface area contributed by atoms with Crippen LogP contribution in [-0.2, 0) is 4.79 Å². The van der Waals surface area contributed by atoms with Crippen LogP contribution >= 0.6 is 0 Å². The first-order valence-electron chi connectivity index (χ1n) is 6.04. The number of Topliss-reactive ketones (excluding diaryl/α,β-unsaturated/α-hetero) is 1. The van der Waals surface area contributed by atoms with Crippen molar-refractivity contribution in [3.05, 3.63) is 41.0 Å². The number of hydrogen-bond donors (Lipinski definition) is 0. The Morgan fingerprint density at radius 1 is 1.06 bits per heavy atom. The molecule has 0 bridgehead atoms. The summed E-state index contributed by atoms with van der Waals surface area (Å²) in [5.41, 5.74) is 4.99. The van der Waals surface area contributed by atoms with E-state index >= 15 is 0 Å². The van der Waals surface area contributed by atoms with Crippen molar-refractivity contribution in [2.75, 3.05) is 0 Å². The molecule has 0 saturated heterocycles. The Balaban J connectivity index is 2.25. The third kappa shape index (κ3) is 1.21. The number of carbonyl (C=O) groups excluding carboxylic acids is 1. The van der Waals surface area contributed by atoms with Gasteiger partial charge in [-0.05, 0) is 29.4 Å². The zero-order valence-corrected chi connectivity index (χ0v) is 9.79. The fourth-order valence-corrected chi connectivity index (χ4v) is 3.15. The summed E-state index contributed by atoms with van der Waals surface area (Å²) in [5, 5.41) is 0. The first-order valence-corrected chi connectivity index (χ1v) is 6.04. The predicted molar refractivity (Wildman–Crippen MR) is 65.2 cm³/mol. The molecule has 1 nitrogen and oxygen atoms in total. The molecule has 1 heteroatoms. The van der Waals surface area contributed by atoms with Crippen molar-refractivity contribution in [2.24, 2.45) is 5.92 Å². The quantitative estimate of drug-likeness (QED) is 0.642. The maximum atomic E-state index is 12.0. The Bertz CT molecular complexity index is 496. The van der Waals surface area contributed by atoms with Gasteiger partial charge in [0.1, 0.15) is 0 Å². The molecule has 0 fully saturated rings. The minimum atomic E-state index is 0.349. The van der Waals surface area contributed by atoms with E-state index in [2.05, 4.69) is 32.0 Å². The van der Waals surface area contributed by atoms with E-state index < -0.39 is 0 Å². The summed E-state index contributed by atoms with van der Waals surface area (Å²) in [7, 11) is 0. The lowest BCUT2D eigenvalue weighted by atomic mass is 9.79. The molecule has 2 atom stereocenters. The van der Waals surface area contributed by atoms with Gasteiger partial charge in [-0.1, -0.05) is 43.7 Å². The fourth-order valence-electron chi connectivity index (χ4n) is 3.15. The van der Waals surface area contributed by atoms with E-state index in [0.717, 1.165) is 12.0 Å². The standard InChI is InChI=1S/C15H16O/c1-9-7-13-10(2)8-14(16)15(13)12-6-4-3-5-11(9)12/h3-6,9-10H,7-8H2,1-2H3. The zero-order valence-electron chi connectivity index (χ0n) is 9.79. The molecule has 2 aliphatic rings. The van der Waals surface area contributed by atoms with Crippen LogP contribution in [0.4, 0.5) is 0 Å². The lowest BCUT2D eigenvalue weighted by Crippen LogP contribution is -2.09. The number of carbonyl (C=O) groups is 1. The highest BCUT2D eigenvalue weighted by Gasteiger charge is 2.35. The molecule has 0 saturated carbocycles. The van der Waals surface area contributed by atoms with E-state index in [4.69, 9.17) is 0 Å². The van der Waals surface area contributed by atoms with E-state index in [1.807, 2.05) is 6.07 Å². The average Bonchev–Trinajstić information content (AvgIpc) is 2.55. The molecule has 16 heavy (non-hydrogen) atoms. The van der Waals surface area contributed by atoms with Crippen molar-refractivity contribution in [3.8, 4) is 0 Å². The second-order valence-electron chi connectivity index (χ2n) is 5.12. The highest BCUT2D eigenvalue weighted by molar-refractivity contribution is 6.24. The summed E-state index contributed by atoms with van der Waals surface area (Å²) in [5.74, 6) is 1.36. The SMILES string of the molecule is CC1CC(=O)C2=C1CC(C)c1ccccc12. The number of rotatable bonds is 0. The first kappa shape index (κ1) is 9.83. The molecule has 0 heterocycles. The Kier molecular flexibility index (Phi) is 2.03. The van der Waals surface area contributed by atoms with Crippen LogP contribution < -0.4 is 0 Å². The molecule has 0 N–H and O–H groups in total. The maximum absolute atomic E-state index is 12.0.